The number of benzene rings is 10. The number of rotatable bonds is 6. The van der Waals surface area contributed by atoms with Gasteiger partial charge in [0.15, 0.2) is 0 Å². The van der Waals surface area contributed by atoms with Gasteiger partial charge in [-0.1, -0.05) is 145 Å². The van der Waals surface area contributed by atoms with Crippen molar-refractivity contribution in [1.82, 2.24) is 4.57 Å². The molecule has 2 heterocycles. The van der Waals surface area contributed by atoms with Gasteiger partial charge in [-0.3, -0.25) is 0 Å². The van der Waals surface area contributed by atoms with Crippen LogP contribution in [0, 0.1) is 0 Å². The van der Waals surface area contributed by atoms with Gasteiger partial charge in [-0.25, -0.2) is 0 Å². The fourth-order valence-corrected chi connectivity index (χ4v) is 6.88. The number of fused-ring (bicyclic) bond motifs is 9. The Morgan fingerprint density at radius 1 is 0.407 bits per heavy atom. The van der Waals surface area contributed by atoms with E-state index in [0.29, 0.717) is 4.57 Å². The molecule has 0 atom stereocenters. The molecule has 0 saturated carbocycles. The van der Waals surface area contributed by atoms with Gasteiger partial charge < -0.3 is 13.9 Å². The standard InChI is InChI=1S/C56H36N2O/c1-2-15-40(16-3-1)57(41-30-26-37(27-31-41)50-36-39-14-4-5-17-43(39)44-18-6-7-19-45(44)50)53-35-34-49-48-22-10-13-25-54(48)59-56(49)55(53)38-28-32-42(33-29-38)58-51-23-11-8-20-46(51)47-21-9-12-24-52(47)58/h1-36H/i1D,2D,3D,4D,5D,6D,7D,8D,9D,10D,11D,12D,13D,14D,15D,16D,17D,18D,19D,20D,21D,22D,23D,24D,25D,26D,27D,28D,29D,30D,31D,32D,33D,34D,35D,36D. The molecule has 12 aromatic rings. The summed E-state index contributed by atoms with van der Waals surface area (Å²) in [4.78, 5) is 0.282. The summed E-state index contributed by atoms with van der Waals surface area (Å²) in [6.45, 7) is 0. The van der Waals surface area contributed by atoms with Gasteiger partial charge in [-0.2, -0.15) is 0 Å². The Hall–Kier alpha value is -7.88. The minimum atomic E-state index is -1.41. The maximum absolute atomic E-state index is 10.1. The number of hydrogen-bond acceptors (Lipinski definition) is 2. The normalized spacial score (nSPS) is 20.3. The van der Waals surface area contributed by atoms with E-state index < -0.39 is 328 Å². The van der Waals surface area contributed by atoms with Crippen molar-refractivity contribution in [2.75, 3.05) is 4.90 Å². The molecule has 0 spiro atoms. The van der Waals surface area contributed by atoms with E-state index in [2.05, 4.69) is 0 Å². The molecule has 0 aliphatic heterocycles. The minimum absolute atomic E-state index is 0.282. The number of furan rings is 1. The van der Waals surface area contributed by atoms with Crippen LogP contribution in [-0.4, -0.2) is 4.57 Å². The molecule has 0 aliphatic carbocycles. The molecule has 59 heavy (non-hydrogen) atoms. The van der Waals surface area contributed by atoms with Crippen LogP contribution in [0.5, 0.6) is 0 Å². The highest BCUT2D eigenvalue weighted by Crippen LogP contribution is 2.47. The second-order valence-electron chi connectivity index (χ2n) is 12.5. The zero-order valence-corrected chi connectivity index (χ0v) is 29.3. The largest absolute Gasteiger partial charge is 0.455 e. The summed E-state index contributed by atoms with van der Waals surface area (Å²) in [7, 11) is 0. The van der Waals surface area contributed by atoms with Crippen LogP contribution in [0.1, 0.15) is 49.3 Å². The van der Waals surface area contributed by atoms with Gasteiger partial charge in [-0.05, 0) is 111 Å². The average molecular weight is 789 g/mol. The topological polar surface area (TPSA) is 21.3 Å². The maximum Gasteiger partial charge on any atom is 0.145 e. The summed E-state index contributed by atoms with van der Waals surface area (Å²) in [5.41, 5.74) is -12.1. The van der Waals surface area contributed by atoms with E-state index in [4.69, 9.17) is 35.9 Å². The SMILES string of the molecule is [2H]c1c([2H])c([2H])c(N(c2c([2H])c([2H])c(-c3c([2H])c4c([2H])c([2H])c([2H])c([2H])c4c4c([2H])c([2H])c([2H])c([2H])c34)c([2H])c2[2H])c2c([2H])c([2H])c3c(oc4c([2H])c([2H])c([2H])c([2H])c43)c2-c2c([2H])c([2H])c(-n3c4c([2H])c([2H])c([2H])c([2H])c4c4c([2H])c([2H])c([2H])c([2H])c43)c([2H])c2[2H])c([2H])c1[2H]. The zero-order chi connectivity index (χ0) is 70.2. The van der Waals surface area contributed by atoms with E-state index in [1.54, 1.807) is 0 Å². The molecular formula is C56H36N2O. The van der Waals surface area contributed by atoms with Crippen molar-refractivity contribution in [3.05, 3.63) is 218 Å². The summed E-state index contributed by atoms with van der Waals surface area (Å²) in [5, 5.41) is -5.35. The van der Waals surface area contributed by atoms with Crippen LogP contribution in [0.3, 0.4) is 0 Å². The maximum atomic E-state index is 10.1. The third-order valence-electron chi connectivity index (χ3n) is 9.37. The Balaban J connectivity index is 1.32. The molecule has 2 aromatic heterocycles. The lowest BCUT2D eigenvalue weighted by atomic mass is 9.93. The van der Waals surface area contributed by atoms with Crippen molar-refractivity contribution in [2.45, 2.75) is 0 Å². The Kier molecular flexibility index (Phi) is 3.02. The first-order valence-electron chi connectivity index (χ1n) is 35.2. The lowest BCUT2D eigenvalue weighted by Gasteiger charge is -2.28. The van der Waals surface area contributed by atoms with Crippen molar-refractivity contribution >= 4 is 82.4 Å². The zero-order valence-electron chi connectivity index (χ0n) is 65.3. The molecule has 0 amide bonds. The van der Waals surface area contributed by atoms with Crippen molar-refractivity contribution in [1.29, 1.82) is 0 Å². The van der Waals surface area contributed by atoms with Crippen LogP contribution >= 0.6 is 0 Å². The quantitative estimate of drug-likeness (QED) is 0.157. The Morgan fingerprint density at radius 3 is 1.69 bits per heavy atom. The van der Waals surface area contributed by atoms with Gasteiger partial charge in [0.05, 0.1) is 66.1 Å². The van der Waals surface area contributed by atoms with Gasteiger partial charge in [0.2, 0.25) is 0 Å². The summed E-state index contributed by atoms with van der Waals surface area (Å²) in [5.74, 6) is 0. The van der Waals surface area contributed by atoms with Gasteiger partial charge in [0.25, 0.3) is 0 Å². The molecule has 3 heteroatoms. The number of nitrogens with zero attached hydrogens (tertiary/aromatic N) is 2. The molecule has 0 unspecified atom stereocenters. The lowest BCUT2D eigenvalue weighted by molar-refractivity contribution is 0.670. The van der Waals surface area contributed by atoms with Crippen molar-refractivity contribution in [3.63, 3.8) is 0 Å². The van der Waals surface area contributed by atoms with Crippen molar-refractivity contribution < 1.29 is 53.8 Å². The highest BCUT2D eigenvalue weighted by atomic mass is 16.3. The molecular weight excluding hydrogens is 717 g/mol. The van der Waals surface area contributed by atoms with E-state index in [1.165, 1.54) is 0 Å². The van der Waals surface area contributed by atoms with E-state index in [-0.39, 0.29) is 4.90 Å². The van der Waals surface area contributed by atoms with Crippen LogP contribution in [-0.2, 0) is 0 Å². The fraction of sp³-hybridized carbons (Fsp3) is 0. The first-order chi connectivity index (χ1) is 44.3. The smallest absolute Gasteiger partial charge is 0.145 e. The average Bonchev–Trinajstić information content (AvgIpc) is 1.70. The number of para-hydroxylation sites is 4. The second-order valence-corrected chi connectivity index (χ2v) is 12.5. The lowest BCUT2D eigenvalue weighted by Crippen LogP contribution is -2.11. The molecule has 10 aromatic carbocycles. The third kappa shape index (κ3) is 5.29. The summed E-state index contributed by atoms with van der Waals surface area (Å²) in [6, 6.07) is -39.0. The molecule has 276 valence electrons. The Bertz CT molecular complexity index is 5530. The van der Waals surface area contributed by atoms with Gasteiger partial charge >= 0.3 is 0 Å². The fourth-order valence-electron chi connectivity index (χ4n) is 6.88. The summed E-state index contributed by atoms with van der Waals surface area (Å²) in [6.07, 6.45) is 0. The molecule has 0 aliphatic rings. The first-order valence-corrected chi connectivity index (χ1v) is 17.2. The molecule has 0 saturated heterocycles. The molecule has 0 N–H and O–H groups in total. The Labute approximate surface area is 391 Å². The Morgan fingerprint density at radius 2 is 0.966 bits per heavy atom. The van der Waals surface area contributed by atoms with E-state index >= 15 is 0 Å². The minimum Gasteiger partial charge on any atom is -0.455 e. The van der Waals surface area contributed by atoms with E-state index in [0.717, 1.165) is 0 Å². The van der Waals surface area contributed by atoms with Crippen LogP contribution in [0.25, 0.3) is 93.2 Å². The number of aromatic nitrogens is 1. The van der Waals surface area contributed by atoms with Crippen LogP contribution in [0.2, 0.25) is 0 Å². The van der Waals surface area contributed by atoms with Gasteiger partial charge in [0.1, 0.15) is 11.2 Å². The summed E-state index contributed by atoms with van der Waals surface area (Å²) < 4.78 is 337. The first kappa shape index (κ1) is 13.3. The second kappa shape index (κ2) is 13.4. The molecule has 0 radical (unpaired) electrons. The number of anilines is 3. The highest BCUT2D eigenvalue weighted by Gasteiger charge is 2.23. The molecule has 3 nitrogen and oxygen atoms in total. The molecule has 0 bridgehead atoms. The predicted octanol–water partition coefficient (Wildman–Crippen LogP) is 15.8. The van der Waals surface area contributed by atoms with E-state index in [9.17, 15) is 17.8 Å². The van der Waals surface area contributed by atoms with Crippen LogP contribution in [0.15, 0.2) is 222 Å². The van der Waals surface area contributed by atoms with Gasteiger partial charge in [-0.15, -0.1) is 0 Å². The van der Waals surface area contributed by atoms with E-state index in [1.807, 2.05) is 0 Å². The van der Waals surface area contributed by atoms with Crippen molar-refractivity contribution in [2.24, 2.45) is 0 Å². The van der Waals surface area contributed by atoms with Crippen LogP contribution < -0.4 is 4.90 Å². The molecule has 0 fully saturated rings. The predicted molar refractivity (Wildman–Crippen MR) is 249 cm³/mol. The van der Waals surface area contributed by atoms with Crippen LogP contribution in [0.4, 0.5) is 17.1 Å². The third-order valence-corrected chi connectivity index (χ3v) is 9.37. The summed E-state index contributed by atoms with van der Waals surface area (Å²) >= 11 is 0. The highest BCUT2D eigenvalue weighted by molar-refractivity contribution is 6.15. The number of hydrogen-bond donors (Lipinski definition) is 0. The molecule has 12 rings (SSSR count). The monoisotopic (exact) mass is 789 g/mol. The van der Waals surface area contributed by atoms with Gasteiger partial charge in [0, 0.05) is 44.2 Å². The van der Waals surface area contributed by atoms with Crippen molar-refractivity contribution in [3.8, 4) is 27.9 Å².